The molecule has 1 heterocycles. The highest BCUT2D eigenvalue weighted by molar-refractivity contribution is 6.42. The number of carbonyl (C=O) groups is 1. The number of nitrogens with one attached hydrogen (secondary N) is 1. The number of nitrogens with zero attached hydrogens (tertiary/aromatic N) is 3. The Morgan fingerprint density at radius 2 is 1.86 bits per heavy atom. The largest absolute Gasteiger partial charge is 0.463 e. The third-order valence-electron chi connectivity index (χ3n) is 4.03. The standard InChI is InChI=1S/C21H22Cl2N4O2/c1-4-29-21-25-20(14-5-10-17(22)18(23)12-14)27(26-21)16-8-6-15(7-9-16)24-19(28)11-13(2)3/h5-10,12-13H,4,11H2,1-3H3,(H,24,28). The molecule has 0 bridgehead atoms. The zero-order valence-corrected chi connectivity index (χ0v) is 18.0. The van der Waals surface area contributed by atoms with Gasteiger partial charge in [-0.05, 0) is 55.3 Å². The van der Waals surface area contributed by atoms with Crippen LogP contribution in [0, 0.1) is 5.92 Å². The SMILES string of the molecule is CCOc1nc(-c2ccc(Cl)c(Cl)c2)n(-c2ccc(NC(=O)CC(C)C)cc2)n1. The number of aromatic nitrogens is 3. The van der Waals surface area contributed by atoms with Gasteiger partial charge in [0.2, 0.25) is 5.91 Å². The van der Waals surface area contributed by atoms with Crippen LogP contribution >= 0.6 is 23.2 Å². The Kier molecular flexibility index (Phi) is 6.77. The summed E-state index contributed by atoms with van der Waals surface area (Å²) in [6, 6.07) is 12.9. The van der Waals surface area contributed by atoms with Crippen LogP contribution in [-0.4, -0.2) is 27.3 Å². The summed E-state index contributed by atoms with van der Waals surface area (Å²) in [6.45, 7) is 6.33. The first-order valence-corrected chi connectivity index (χ1v) is 10.1. The van der Waals surface area contributed by atoms with Crippen LogP contribution in [0.15, 0.2) is 42.5 Å². The van der Waals surface area contributed by atoms with Gasteiger partial charge in [-0.1, -0.05) is 37.0 Å². The van der Waals surface area contributed by atoms with Crippen molar-refractivity contribution in [2.24, 2.45) is 5.92 Å². The molecule has 152 valence electrons. The van der Waals surface area contributed by atoms with Gasteiger partial charge in [0.05, 0.1) is 22.3 Å². The van der Waals surface area contributed by atoms with E-state index in [1.54, 1.807) is 16.8 Å². The minimum absolute atomic E-state index is 0.0105. The van der Waals surface area contributed by atoms with E-state index in [9.17, 15) is 4.79 Å². The van der Waals surface area contributed by atoms with Crippen molar-refractivity contribution in [3.8, 4) is 23.1 Å². The van der Waals surface area contributed by atoms with Crippen LogP contribution in [0.1, 0.15) is 27.2 Å². The van der Waals surface area contributed by atoms with E-state index in [0.29, 0.717) is 34.8 Å². The van der Waals surface area contributed by atoms with Gasteiger partial charge in [0.25, 0.3) is 0 Å². The molecule has 3 rings (SSSR count). The lowest BCUT2D eigenvalue weighted by molar-refractivity contribution is -0.116. The van der Waals surface area contributed by atoms with Gasteiger partial charge < -0.3 is 10.1 Å². The first-order chi connectivity index (χ1) is 13.9. The van der Waals surface area contributed by atoms with Gasteiger partial charge in [-0.15, -0.1) is 5.10 Å². The average molecular weight is 433 g/mol. The Hall–Kier alpha value is -2.57. The molecule has 0 saturated carbocycles. The van der Waals surface area contributed by atoms with Gasteiger partial charge in [0, 0.05) is 17.7 Å². The van der Waals surface area contributed by atoms with Crippen LogP contribution in [0.3, 0.4) is 0 Å². The molecule has 1 N–H and O–H groups in total. The Labute approximate surface area is 179 Å². The fourth-order valence-corrected chi connectivity index (χ4v) is 3.05. The van der Waals surface area contributed by atoms with Crippen LogP contribution in [0.4, 0.5) is 5.69 Å². The molecule has 0 aliphatic carbocycles. The molecule has 0 saturated heterocycles. The summed E-state index contributed by atoms with van der Waals surface area (Å²) in [5.41, 5.74) is 2.25. The average Bonchev–Trinajstić information content (AvgIpc) is 3.08. The van der Waals surface area contributed by atoms with E-state index in [1.165, 1.54) is 0 Å². The van der Waals surface area contributed by atoms with E-state index in [2.05, 4.69) is 15.4 Å². The van der Waals surface area contributed by atoms with E-state index >= 15 is 0 Å². The number of halogens is 2. The second-order valence-electron chi connectivity index (χ2n) is 6.88. The van der Waals surface area contributed by atoms with Crippen LogP contribution in [0.2, 0.25) is 10.0 Å². The molecule has 0 unspecified atom stereocenters. The molecule has 6 nitrogen and oxygen atoms in total. The molecule has 1 aromatic heterocycles. The molecule has 2 aromatic carbocycles. The number of amides is 1. The van der Waals surface area contributed by atoms with Crippen molar-refractivity contribution in [1.29, 1.82) is 0 Å². The Morgan fingerprint density at radius 1 is 1.14 bits per heavy atom. The lowest BCUT2D eigenvalue weighted by Gasteiger charge is -2.09. The highest BCUT2D eigenvalue weighted by Gasteiger charge is 2.16. The summed E-state index contributed by atoms with van der Waals surface area (Å²) in [6.07, 6.45) is 0.476. The number of carbonyl (C=O) groups excluding carboxylic acids is 1. The van der Waals surface area contributed by atoms with Gasteiger partial charge in [-0.25, -0.2) is 4.68 Å². The molecule has 0 atom stereocenters. The van der Waals surface area contributed by atoms with E-state index < -0.39 is 0 Å². The summed E-state index contributed by atoms with van der Waals surface area (Å²) < 4.78 is 7.15. The summed E-state index contributed by atoms with van der Waals surface area (Å²) >= 11 is 12.2. The summed E-state index contributed by atoms with van der Waals surface area (Å²) in [4.78, 5) is 16.5. The molecule has 1 amide bonds. The fraction of sp³-hybridized carbons (Fsp3) is 0.286. The van der Waals surface area contributed by atoms with Gasteiger partial charge in [0.15, 0.2) is 5.82 Å². The lowest BCUT2D eigenvalue weighted by atomic mass is 10.1. The predicted molar refractivity (Wildman–Crippen MR) is 116 cm³/mol. The van der Waals surface area contributed by atoms with E-state index in [4.69, 9.17) is 27.9 Å². The van der Waals surface area contributed by atoms with Crippen molar-refractivity contribution < 1.29 is 9.53 Å². The quantitative estimate of drug-likeness (QED) is 0.525. The Balaban J connectivity index is 1.93. The van der Waals surface area contributed by atoms with Crippen LogP contribution in [0.5, 0.6) is 6.01 Å². The van der Waals surface area contributed by atoms with E-state index in [-0.39, 0.29) is 11.9 Å². The maximum absolute atomic E-state index is 12.0. The van der Waals surface area contributed by atoms with Crippen molar-refractivity contribution in [2.75, 3.05) is 11.9 Å². The third kappa shape index (κ3) is 5.28. The highest BCUT2D eigenvalue weighted by Crippen LogP contribution is 2.30. The van der Waals surface area contributed by atoms with Crippen molar-refractivity contribution >= 4 is 34.8 Å². The summed E-state index contributed by atoms with van der Waals surface area (Å²) in [7, 11) is 0. The molecule has 0 aliphatic rings. The van der Waals surface area contributed by atoms with Crippen molar-refractivity contribution in [3.63, 3.8) is 0 Å². The zero-order valence-electron chi connectivity index (χ0n) is 16.4. The van der Waals surface area contributed by atoms with Gasteiger partial charge in [-0.2, -0.15) is 4.98 Å². The van der Waals surface area contributed by atoms with Gasteiger partial charge in [0.1, 0.15) is 0 Å². The molecule has 0 radical (unpaired) electrons. The summed E-state index contributed by atoms with van der Waals surface area (Å²) in [5, 5.41) is 8.24. The van der Waals surface area contributed by atoms with E-state index in [0.717, 1.165) is 16.9 Å². The van der Waals surface area contributed by atoms with E-state index in [1.807, 2.05) is 51.1 Å². The molecule has 8 heteroatoms. The van der Waals surface area contributed by atoms with Crippen molar-refractivity contribution in [3.05, 3.63) is 52.5 Å². The van der Waals surface area contributed by atoms with Crippen LogP contribution in [-0.2, 0) is 4.79 Å². The summed E-state index contributed by atoms with van der Waals surface area (Å²) in [5.74, 6) is 0.863. The molecule has 3 aromatic rings. The number of benzene rings is 2. The lowest BCUT2D eigenvalue weighted by Crippen LogP contribution is -2.13. The van der Waals surface area contributed by atoms with Crippen LogP contribution in [0.25, 0.3) is 17.1 Å². The van der Waals surface area contributed by atoms with Crippen molar-refractivity contribution in [1.82, 2.24) is 14.8 Å². The molecular weight excluding hydrogens is 411 g/mol. The highest BCUT2D eigenvalue weighted by atomic mass is 35.5. The zero-order chi connectivity index (χ0) is 21.0. The maximum atomic E-state index is 12.0. The minimum Gasteiger partial charge on any atom is -0.463 e. The predicted octanol–water partition coefficient (Wildman–Crippen LogP) is 5.62. The first-order valence-electron chi connectivity index (χ1n) is 9.33. The topological polar surface area (TPSA) is 69.0 Å². The second-order valence-corrected chi connectivity index (χ2v) is 7.70. The number of hydrogen-bond donors (Lipinski definition) is 1. The van der Waals surface area contributed by atoms with Gasteiger partial charge >= 0.3 is 6.01 Å². The second kappa shape index (κ2) is 9.29. The monoisotopic (exact) mass is 432 g/mol. The number of ether oxygens (including phenoxy) is 1. The number of hydrogen-bond acceptors (Lipinski definition) is 4. The fourth-order valence-electron chi connectivity index (χ4n) is 2.75. The molecule has 0 aliphatic heterocycles. The first kappa shape index (κ1) is 21.1. The Bertz CT molecular complexity index is 1000. The molecule has 0 fully saturated rings. The smallest absolute Gasteiger partial charge is 0.336 e. The Morgan fingerprint density at radius 3 is 2.48 bits per heavy atom. The third-order valence-corrected chi connectivity index (χ3v) is 4.77. The normalized spacial score (nSPS) is 11.0. The van der Waals surface area contributed by atoms with Gasteiger partial charge in [-0.3, -0.25) is 4.79 Å². The minimum atomic E-state index is -0.0105. The number of anilines is 1. The number of rotatable bonds is 7. The van der Waals surface area contributed by atoms with Crippen LogP contribution < -0.4 is 10.1 Å². The molecular formula is C21H22Cl2N4O2. The van der Waals surface area contributed by atoms with Crippen molar-refractivity contribution in [2.45, 2.75) is 27.2 Å². The maximum Gasteiger partial charge on any atom is 0.336 e. The molecule has 0 spiro atoms. The molecule has 29 heavy (non-hydrogen) atoms.